The molecule has 0 amide bonds. The molecule has 4 heteroatoms. The van der Waals surface area contributed by atoms with Crippen molar-refractivity contribution in [3.8, 4) is 45.0 Å². The van der Waals surface area contributed by atoms with Crippen molar-refractivity contribution in [2.45, 2.75) is 0 Å². The maximum Gasteiger partial charge on any atom is 0.164 e. The zero-order chi connectivity index (χ0) is 30.8. The second kappa shape index (κ2) is 12.2. The average Bonchev–Trinajstić information content (AvgIpc) is 3.10. The van der Waals surface area contributed by atoms with Crippen LogP contribution >= 0.6 is 11.6 Å². The van der Waals surface area contributed by atoms with Gasteiger partial charge in [-0.1, -0.05) is 158 Å². The van der Waals surface area contributed by atoms with E-state index in [1.165, 1.54) is 38.2 Å². The highest BCUT2D eigenvalue weighted by Gasteiger charge is 2.18. The van der Waals surface area contributed by atoms with Gasteiger partial charge in [0, 0.05) is 21.7 Å². The molecule has 3 nitrogen and oxygen atoms in total. The second-order valence-corrected chi connectivity index (χ2v) is 11.2. The van der Waals surface area contributed by atoms with Crippen LogP contribution in [0.15, 0.2) is 164 Å². The van der Waals surface area contributed by atoms with Crippen molar-refractivity contribution in [2.75, 3.05) is 0 Å². The van der Waals surface area contributed by atoms with Crippen LogP contribution < -0.4 is 0 Å². The van der Waals surface area contributed by atoms with Gasteiger partial charge in [0.1, 0.15) is 0 Å². The number of halogens is 1. The van der Waals surface area contributed by atoms with Crippen molar-refractivity contribution in [3.05, 3.63) is 170 Å². The molecular formula is C41H28ClN3. The first-order valence-corrected chi connectivity index (χ1v) is 15.1. The van der Waals surface area contributed by atoms with E-state index in [9.17, 15) is 0 Å². The summed E-state index contributed by atoms with van der Waals surface area (Å²) in [6, 6.07) is 46.3. The Kier molecular flexibility index (Phi) is 7.61. The van der Waals surface area contributed by atoms with E-state index in [0.29, 0.717) is 28.1 Å². The molecule has 6 aromatic carbocycles. The molecule has 0 bridgehead atoms. The lowest BCUT2D eigenvalue weighted by Crippen LogP contribution is -2.02. The molecule has 0 aliphatic carbocycles. The van der Waals surface area contributed by atoms with Crippen molar-refractivity contribution in [1.82, 2.24) is 15.0 Å². The van der Waals surface area contributed by atoms with Crippen molar-refractivity contribution < 1.29 is 0 Å². The van der Waals surface area contributed by atoms with Crippen LogP contribution in [0, 0.1) is 0 Å². The Labute approximate surface area is 267 Å². The standard InChI is InChI=1S/C41H28ClN3/c1-3-28(25-27(2)42)39-43-40(30-17-8-5-9-18-30)45-41(44-39)32-20-14-19-31(26-32)38-35-23-12-10-21-33(35)37(29-15-6-4-7-16-29)34-22-11-13-24-36(34)38/h3-26H,1-2H2/b28-25+. The Bertz CT molecular complexity index is 2200. The Balaban J connectivity index is 1.47. The van der Waals surface area contributed by atoms with Gasteiger partial charge in [-0.15, -0.1) is 0 Å². The van der Waals surface area contributed by atoms with E-state index in [1.54, 1.807) is 12.2 Å². The number of benzene rings is 6. The zero-order valence-electron chi connectivity index (χ0n) is 24.5. The van der Waals surface area contributed by atoms with Crippen LogP contribution in [-0.2, 0) is 0 Å². The molecular weight excluding hydrogens is 570 g/mol. The number of nitrogens with zero attached hydrogens (tertiary/aromatic N) is 3. The average molecular weight is 598 g/mol. The molecule has 1 aromatic heterocycles. The maximum atomic E-state index is 6.16. The van der Waals surface area contributed by atoms with Gasteiger partial charge in [0.25, 0.3) is 0 Å². The fourth-order valence-electron chi connectivity index (χ4n) is 5.90. The third-order valence-electron chi connectivity index (χ3n) is 7.86. The lowest BCUT2D eigenvalue weighted by molar-refractivity contribution is 1.04. The van der Waals surface area contributed by atoms with Gasteiger partial charge in [-0.3, -0.25) is 0 Å². The van der Waals surface area contributed by atoms with Crippen molar-refractivity contribution in [2.24, 2.45) is 0 Å². The summed E-state index contributed by atoms with van der Waals surface area (Å²) >= 11 is 6.16. The summed E-state index contributed by atoms with van der Waals surface area (Å²) < 4.78 is 0. The summed E-state index contributed by atoms with van der Waals surface area (Å²) in [4.78, 5) is 14.6. The summed E-state index contributed by atoms with van der Waals surface area (Å²) in [6.45, 7) is 7.79. The van der Waals surface area contributed by atoms with E-state index < -0.39 is 0 Å². The smallest absolute Gasteiger partial charge is 0.164 e. The Morgan fingerprint density at radius 2 is 0.956 bits per heavy atom. The Morgan fingerprint density at radius 3 is 1.49 bits per heavy atom. The lowest BCUT2D eigenvalue weighted by Gasteiger charge is -2.18. The van der Waals surface area contributed by atoms with Crippen LogP contribution in [0.25, 0.3) is 72.1 Å². The highest BCUT2D eigenvalue weighted by atomic mass is 35.5. The van der Waals surface area contributed by atoms with E-state index in [0.717, 1.165) is 16.7 Å². The highest BCUT2D eigenvalue weighted by Crippen LogP contribution is 2.44. The normalized spacial score (nSPS) is 11.5. The Hall–Kier alpha value is -5.64. The van der Waals surface area contributed by atoms with Gasteiger partial charge in [0.15, 0.2) is 17.5 Å². The quantitative estimate of drug-likeness (QED) is 0.135. The summed E-state index contributed by atoms with van der Waals surface area (Å²) in [6.07, 6.45) is 3.40. The monoisotopic (exact) mass is 597 g/mol. The van der Waals surface area contributed by atoms with Gasteiger partial charge in [-0.25, -0.2) is 15.0 Å². The number of hydrogen-bond donors (Lipinski definition) is 0. The molecule has 7 rings (SSSR count). The molecule has 1 heterocycles. The van der Waals surface area contributed by atoms with Crippen LogP contribution in [0.5, 0.6) is 0 Å². The molecule has 0 saturated heterocycles. The molecule has 45 heavy (non-hydrogen) atoms. The SMILES string of the molecule is C=C/C(=C\C(=C)Cl)c1nc(-c2ccccc2)nc(-c2cccc(-c3c4ccccc4c(-c4ccccc4)c4ccccc34)c2)n1. The molecule has 0 unspecified atom stereocenters. The summed E-state index contributed by atoms with van der Waals surface area (Å²) in [5, 5.41) is 5.15. The first-order valence-electron chi connectivity index (χ1n) is 14.7. The highest BCUT2D eigenvalue weighted by molar-refractivity contribution is 6.31. The third-order valence-corrected chi connectivity index (χ3v) is 7.97. The molecule has 0 radical (unpaired) electrons. The van der Waals surface area contributed by atoms with Gasteiger partial charge < -0.3 is 0 Å². The van der Waals surface area contributed by atoms with Gasteiger partial charge in [-0.05, 0) is 55.9 Å². The second-order valence-electron chi connectivity index (χ2n) is 10.7. The fourth-order valence-corrected chi connectivity index (χ4v) is 6.02. The lowest BCUT2D eigenvalue weighted by atomic mass is 9.86. The minimum Gasteiger partial charge on any atom is -0.208 e. The minimum absolute atomic E-state index is 0.368. The van der Waals surface area contributed by atoms with E-state index in [-0.39, 0.29) is 0 Å². The summed E-state index contributed by atoms with van der Waals surface area (Å²) in [7, 11) is 0. The first-order chi connectivity index (χ1) is 22.1. The topological polar surface area (TPSA) is 38.7 Å². The van der Waals surface area contributed by atoms with Crippen molar-refractivity contribution in [1.29, 1.82) is 0 Å². The molecule has 0 aliphatic heterocycles. The van der Waals surface area contributed by atoms with E-state index >= 15 is 0 Å². The molecule has 0 saturated carbocycles. The number of hydrogen-bond acceptors (Lipinski definition) is 3. The summed E-state index contributed by atoms with van der Waals surface area (Å²) in [5.41, 5.74) is 7.12. The van der Waals surface area contributed by atoms with Crippen molar-refractivity contribution in [3.63, 3.8) is 0 Å². The van der Waals surface area contributed by atoms with E-state index in [4.69, 9.17) is 26.6 Å². The van der Waals surface area contributed by atoms with Crippen molar-refractivity contribution >= 4 is 38.7 Å². The molecule has 214 valence electrons. The van der Waals surface area contributed by atoms with Crippen LogP contribution in [0.1, 0.15) is 5.82 Å². The van der Waals surface area contributed by atoms with Crippen LogP contribution in [0.2, 0.25) is 0 Å². The number of fused-ring (bicyclic) bond motifs is 2. The molecule has 7 aromatic rings. The van der Waals surface area contributed by atoms with Gasteiger partial charge in [0.05, 0.1) is 0 Å². The predicted molar refractivity (Wildman–Crippen MR) is 190 cm³/mol. The van der Waals surface area contributed by atoms with E-state index in [1.807, 2.05) is 36.4 Å². The van der Waals surface area contributed by atoms with Gasteiger partial charge >= 0.3 is 0 Å². The zero-order valence-corrected chi connectivity index (χ0v) is 25.2. The van der Waals surface area contributed by atoms with E-state index in [2.05, 4.69) is 110 Å². The van der Waals surface area contributed by atoms with Crippen LogP contribution in [0.3, 0.4) is 0 Å². The molecule has 0 fully saturated rings. The molecule has 0 spiro atoms. The molecule has 0 aliphatic rings. The number of rotatable bonds is 7. The maximum absolute atomic E-state index is 6.16. The number of aromatic nitrogens is 3. The fraction of sp³-hybridized carbons (Fsp3) is 0. The molecule has 0 atom stereocenters. The Morgan fingerprint density at radius 1 is 0.511 bits per heavy atom. The minimum atomic E-state index is 0.368. The summed E-state index contributed by atoms with van der Waals surface area (Å²) in [5.74, 6) is 1.60. The number of allylic oxidation sites excluding steroid dienone is 4. The van der Waals surface area contributed by atoms with Crippen LogP contribution in [-0.4, -0.2) is 15.0 Å². The van der Waals surface area contributed by atoms with Gasteiger partial charge in [0.2, 0.25) is 0 Å². The first kappa shape index (κ1) is 28.1. The van der Waals surface area contributed by atoms with Crippen LogP contribution in [0.4, 0.5) is 0 Å². The largest absolute Gasteiger partial charge is 0.208 e. The predicted octanol–water partition coefficient (Wildman–Crippen LogP) is 11.2. The molecule has 0 N–H and O–H groups in total. The third kappa shape index (κ3) is 5.46. The van der Waals surface area contributed by atoms with Gasteiger partial charge in [-0.2, -0.15) is 0 Å².